The molecule has 90 valence electrons. The Morgan fingerprint density at radius 3 is 2.82 bits per heavy atom. The van der Waals surface area contributed by atoms with Gasteiger partial charge in [0.15, 0.2) is 0 Å². The van der Waals surface area contributed by atoms with E-state index in [2.05, 4.69) is 22.0 Å². The second kappa shape index (κ2) is 5.07. The molecule has 1 aliphatic rings. The Kier molecular flexibility index (Phi) is 3.70. The van der Waals surface area contributed by atoms with Gasteiger partial charge in [0.2, 0.25) is 0 Å². The number of benzene rings is 1. The first kappa shape index (κ1) is 12.4. The van der Waals surface area contributed by atoms with Crippen molar-refractivity contribution in [3.8, 4) is 11.8 Å². The number of nitrogens with zero attached hydrogens (tertiary/aromatic N) is 1. The summed E-state index contributed by atoms with van der Waals surface area (Å²) in [7, 11) is 0. The molecule has 1 aromatic rings. The zero-order valence-corrected chi connectivity index (χ0v) is 11.2. The number of nitriles is 1. The van der Waals surface area contributed by atoms with Crippen molar-refractivity contribution in [2.24, 2.45) is 11.1 Å². The molecule has 0 spiro atoms. The average molecular weight is 295 g/mol. The molecule has 4 heteroatoms. The van der Waals surface area contributed by atoms with Crippen molar-refractivity contribution in [1.29, 1.82) is 5.26 Å². The van der Waals surface area contributed by atoms with Gasteiger partial charge in [-0.25, -0.2) is 0 Å². The molecule has 0 radical (unpaired) electrons. The molecule has 0 heterocycles. The zero-order valence-electron chi connectivity index (χ0n) is 9.58. The summed E-state index contributed by atoms with van der Waals surface area (Å²) in [6.45, 7) is 1.07. The molecule has 0 aromatic heterocycles. The molecular weight excluding hydrogens is 280 g/mol. The summed E-state index contributed by atoms with van der Waals surface area (Å²) >= 11 is 3.47. The van der Waals surface area contributed by atoms with Crippen LogP contribution in [-0.4, -0.2) is 6.61 Å². The Bertz CT molecular complexity index is 449. The lowest BCUT2D eigenvalue weighted by Gasteiger charge is -2.16. The van der Waals surface area contributed by atoms with Gasteiger partial charge in [0.05, 0.1) is 17.1 Å². The van der Waals surface area contributed by atoms with Gasteiger partial charge < -0.3 is 10.5 Å². The predicted octanol–water partition coefficient (Wildman–Crippen LogP) is 2.98. The fourth-order valence-electron chi connectivity index (χ4n) is 1.82. The number of nitrogens with two attached hydrogens (primary N) is 1. The minimum absolute atomic E-state index is 0.0932. The normalized spacial score (nSPS) is 16.3. The smallest absolute Gasteiger partial charge is 0.137 e. The lowest BCUT2D eigenvalue weighted by Crippen LogP contribution is -2.14. The topological polar surface area (TPSA) is 59.0 Å². The van der Waals surface area contributed by atoms with E-state index in [9.17, 15) is 0 Å². The maximum Gasteiger partial charge on any atom is 0.137 e. The van der Waals surface area contributed by atoms with E-state index in [-0.39, 0.29) is 5.41 Å². The predicted molar refractivity (Wildman–Crippen MR) is 69.4 cm³/mol. The Morgan fingerprint density at radius 2 is 2.24 bits per heavy atom. The lowest BCUT2D eigenvalue weighted by atomic mass is 10.1. The van der Waals surface area contributed by atoms with Crippen LogP contribution in [0.1, 0.15) is 24.8 Å². The summed E-state index contributed by atoms with van der Waals surface area (Å²) in [5, 5.41) is 8.76. The molecule has 0 unspecified atom stereocenters. The van der Waals surface area contributed by atoms with Crippen LogP contribution in [0.2, 0.25) is 0 Å². The third kappa shape index (κ3) is 2.80. The molecule has 1 fully saturated rings. The summed E-state index contributed by atoms with van der Waals surface area (Å²) in [4.78, 5) is 0. The van der Waals surface area contributed by atoms with Crippen LogP contribution in [0.4, 0.5) is 0 Å². The summed E-state index contributed by atoms with van der Waals surface area (Å²) in [5.41, 5.74) is 6.77. The quantitative estimate of drug-likeness (QED) is 0.908. The maximum absolute atomic E-state index is 8.76. The van der Waals surface area contributed by atoms with Gasteiger partial charge in [-0.05, 0) is 34.8 Å². The molecule has 2 rings (SSSR count). The van der Waals surface area contributed by atoms with Gasteiger partial charge in [-0.15, -0.1) is 0 Å². The van der Waals surface area contributed by atoms with E-state index in [1.54, 1.807) is 0 Å². The second-order valence-corrected chi connectivity index (χ2v) is 5.41. The summed E-state index contributed by atoms with van der Waals surface area (Å²) in [5.74, 6) is 0.819. The zero-order chi connectivity index (χ0) is 12.3. The number of halogens is 1. The maximum atomic E-state index is 8.76. The molecule has 0 aliphatic heterocycles. The molecule has 17 heavy (non-hydrogen) atoms. The molecule has 1 saturated carbocycles. The van der Waals surface area contributed by atoms with Gasteiger partial charge in [0.25, 0.3) is 0 Å². The van der Waals surface area contributed by atoms with Crippen LogP contribution in [0.3, 0.4) is 0 Å². The van der Waals surface area contributed by atoms with Gasteiger partial charge in [-0.1, -0.05) is 12.1 Å². The Morgan fingerprint density at radius 1 is 1.47 bits per heavy atom. The van der Waals surface area contributed by atoms with Crippen LogP contribution < -0.4 is 10.5 Å². The number of para-hydroxylation sites is 1. The van der Waals surface area contributed by atoms with Crippen molar-refractivity contribution >= 4 is 15.9 Å². The number of hydrogen-bond donors (Lipinski definition) is 1. The van der Waals surface area contributed by atoms with Gasteiger partial charge in [-0.3, -0.25) is 0 Å². The molecule has 1 aliphatic carbocycles. The Hall–Kier alpha value is -1.05. The first-order valence-electron chi connectivity index (χ1n) is 5.68. The number of hydrogen-bond acceptors (Lipinski definition) is 3. The molecule has 0 amide bonds. The minimum Gasteiger partial charge on any atom is -0.491 e. The highest BCUT2D eigenvalue weighted by atomic mass is 79.9. The average Bonchev–Trinajstić information content (AvgIpc) is 3.08. The molecule has 0 saturated heterocycles. The van der Waals surface area contributed by atoms with Crippen LogP contribution in [0.5, 0.6) is 5.75 Å². The van der Waals surface area contributed by atoms with E-state index in [4.69, 9.17) is 15.7 Å². The highest BCUT2D eigenvalue weighted by Gasteiger charge is 2.43. The lowest BCUT2D eigenvalue weighted by molar-refractivity contribution is 0.233. The third-order valence-electron chi connectivity index (χ3n) is 3.20. The van der Waals surface area contributed by atoms with Crippen molar-refractivity contribution in [3.05, 3.63) is 28.2 Å². The summed E-state index contributed by atoms with van der Waals surface area (Å²) in [6, 6.07) is 8.08. The molecule has 0 bridgehead atoms. The molecule has 3 nitrogen and oxygen atoms in total. The van der Waals surface area contributed by atoms with Crippen LogP contribution in [0.15, 0.2) is 22.7 Å². The fourth-order valence-corrected chi connectivity index (χ4v) is 2.34. The van der Waals surface area contributed by atoms with Crippen LogP contribution in [0.25, 0.3) is 0 Å². The van der Waals surface area contributed by atoms with Gasteiger partial charge in [-0.2, -0.15) is 5.26 Å². The van der Waals surface area contributed by atoms with Crippen molar-refractivity contribution in [2.45, 2.75) is 25.8 Å². The number of rotatable bonds is 5. The monoisotopic (exact) mass is 294 g/mol. The van der Waals surface area contributed by atoms with Gasteiger partial charge in [0, 0.05) is 23.9 Å². The van der Waals surface area contributed by atoms with Crippen molar-refractivity contribution < 1.29 is 4.74 Å². The van der Waals surface area contributed by atoms with E-state index < -0.39 is 0 Å². The largest absolute Gasteiger partial charge is 0.491 e. The van der Waals surface area contributed by atoms with Crippen LogP contribution in [-0.2, 0) is 6.54 Å². The summed E-state index contributed by atoms with van der Waals surface area (Å²) in [6.07, 6.45) is 2.75. The van der Waals surface area contributed by atoms with E-state index in [0.717, 1.165) is 28.6 Å². The summed E-state index contributed by atoms with van der Waals surface area (Å²) < 4.78 is 6.78. The standard InChI is InChI=1S/C13H15BrN2O/c14-11-3-1-2-10(8-16)12(11)17-9-13(4-5-13)6-7-15/h1-3H,4-6,8-9,16H2. The van der Waals surface area contributed by atoms with Crippen molar-refractivity contribution in [1.82, 2.24) is 0 Å². The van der Waals surface area contributed by atoms with E-state index in [0.29, 0.717) is 19.6 Å². The second-order valence-electron chi connectivity index (χ2n) is 4.56. The Balaban J connectivity index is 2.07. The molecule has 1 aromatic carbocycles. The van der Waals surface area contributed by atoms with Crippen molar-refractivity contribution in [3.63, 3.8) is 0 Å². The SMILES string of the molecule is N#CCC1(COc2c(Br)cccc2CN)CC1. The van der Waals surface area contributed by atoms with Gasteiger partial charge >= 0.3 is 0 Å². The van der Waals surface area contributed by atoms with Crippen molar-refractivity contribution in [2.75, 3.05) is 6.61 Å². The van der Waals surface area contributed by atoms with E-state index in [1.165, 1.54) is 0 Å². The molecule has 0 atom stereocenters. The first-order valence-corrected chi connectivity index (χ1v) is 6.47. The number of ether oxygens (including phenoxy) is 1. The van der Waals surface area contributed by atoms with E-state index in [1.807, 2.05) is 18.2 Å². The highest BCUT2D eigenvalue weighted by molar-refractivity contribution is 9.10. The molecule has 2 N–H and O–H groups in total. The van der Waals surface area contributed by atoms with Crippen LogP contribution in [0, 0.1) is 16.7 Å². The fraction of sp³-hybridized carbons (Fsp3) is 0.462. The highest BCUT2D eigenvalue weighted by Crippen LogP contribution is 2.49. The van der Waals surface area contributed by atoms with E-state index >= 15 is 0 Å². The van der Waals surface area contributed by atoms with Gasteiger partial charge in [0.1, 0.15) is 5.75 Å². The minimum atomic E-state index is 0.0932. The van der Waals surface area contributed by atoms with Crippen LogP contribution >= 0.6 is 15.9 Å². The first-order chi connectivity index (χ1) is 8.21. The molecular formula is C13H15BrN2O. The third-order valence-corrected chi connectivity index (χ3v) is 3.83. The Labute approximate surface area is 110 Å².